The molecular formula is C39H78O3. The first-order valence-corrected chi connectivity index (χ1v) is 15.1. The summed E-state index contributed by atoms with van der Waals surface area (Å²) in [5, 5.41) is 0. The molecule has 0 fully saturated rings. The number of Topliss-reactive ketones (excluding diaryl/α,β-unsaturated/α-hetero) is 1. The molecule has 0 radical (unpaired) electrons. The van der Waals surface area contributed by atoms with E-state index in [2.05, 4.69) is 113 Å². The Morgan fingerprint density at radius 1 is 0.524 bits per heavy atom. The van der Waals surface area contributed by atoms with Crippen molar-refractivity contribution in [3.05, 3.63) is 0 Å². The average Bonchev–Trinajstić information content (AvgIpc) is 3.01. The van der Waals surface area contributed by atoms with Gasteiger partial charge in [-0.15, -0.1) is 6.42 Å². The van der Waals surface area contributed by atoms with E-state index in [1.807, 2.05) is 13.8 Å². The monoisotopic (exact) mass is 595 g/mol. The summed E-state index contributed by atoms with van der Waals surface area (Å²) in [5.74, 6) is 39.1. The lowest BCUT2D eigenvalue weighted by Crippen LogP contribution is -2.07. The number of hydrogen-bond donors (Lipinski definition) is 0. The number of terminal acetylenes is 1. The van der Waals surface area contributed by atoms with Crippen LogP contribution in [0.2, 0.25) is 0 Å². The standard InChI is InChI=1S/C37H38O3.C2H6.17H2/c1-3-5-7-9-11-13-15-17-19-21-23-25-27-29-31-33-35-39-40-36-37(38)34-32-30-28-26-24-22-20-18-16-14-12-10-8-6-4-2;1-2;;;;;;;;;;;;;;;;;/h1H,4,6,8,10,12,14,16,18,20,22,24,26,28,30,32,34,36H2,2H3;1-2H3;17*1H. The van der Waals surface area contributed by atoms with E-state index in [9.17, 15) is 4.79 Å². The van der Waals surface area contributed by atoms with Crippen LogP contribution < -0.4 is 0 Å². The van der Waals surface area contributed by atoms with E-state index in [4.69, 9.17) is 11.3 Å². The molecule has 0 aromatic carbocycles. The molecule has 0 aliphatic carbocycles. The fourth-order valence-corrected chi connectivity index (χ4v) is 3.38. The van der Waals surface area contributed by atoms with Crippen LogP contribution in [0.25, 0.3) is 0 Å². The fraction of sp³-hybridized carbons (Fsp3) is 0.513. The first kappa shape index (κ1) is 39.6. The summed E-state index contributed by atoms with van der Waals surface area (Å²) < 4.78 is 0. The van der Waals surface area contributed by atoms with Crippen LogP contribution in [0, 0.1) is 107 Å². The van der Waals surface area contributed by atoms with Crippen LogP contribution in [0.4, 0.5) is 0 Å². The highest BCUT2D eigenvalue weighted by Gasteiger charge is 2.02. The zero-order valence-electron chi connectivity index (χ0n) is 25.8. The minimum Gasteiger partial charge on any atom is -0.297 e. The largest absolute Gasteiger partial charge is 0.297 e. The van der Waals surface area contributed by atoms with Crippen molar-refractivity contribution < 1.29 is 38.8 Å². The van der Waals surface area contributed by atoms with Crippen molar-refractivity contribution in [1.82, 2.24) is 0 Å². The third kappa shape index (κ3) is 37.6. The van der Waals surface area contributed by atoms with E-state index < -0.39 is 0 Å². The van der Waals surface area contributed by atoms with Gasteiger partial charge in [0.05, 0.1) is 0 Å². The molecule has 0 rings (SSSR count). The molecule has 0 saturated carbocycles. The predicted molar refractivity (Wildman–Crippen MR) is 210 cm³/mol. The van der Waals surface area contributed by atoms with Crippen LogP contribution in [0.5, 0.6) is 0 Å². The van der Waals surface area contributed by atoms with Crippen LogP contribution in [-0.4, -0.2) is 12.4 Å². The Labute approximate surface area is 282 Å². The number of unbranched alkanes of at least 4 members (excludes halogenated alkanes) is 14. The fourth-order valence-electron chi connectivity index (χ4n) is 3.38. The molecule has 0 aliphatic heterocycles. The van der Waals surface area contributed by atoms with Crippen molar-refractivity contribution in [1.29, 1.82) is 0 Å². The maximum atomic E-state index is 11.8. The second kappa shape index (κ2) is 38.6. The Balaban J connectivity index is -0.0000000487. The van der Waals surface area contributed by atoms with Gasteiger partial charge in [-0.1, -0.05) is 111 Å². The van der Waals surface area contributed by atoms with E-state index in [1.54, 1.807) is 0 Å². The Morgan fingerprint density at radius 3 is 1.24 bits per heavy atom. The van der Waals surface area contributed by atoms with Crippen LogP contribution >= 0.6 is 0 Å². The van der Waals surface area contributed by atoms with Gasteiger partial charge in [-0.3, -0.25) is 9.68 Å². The van der Waals surface area contributed by atoms with Gasteiger partial charge in [0.2, 0.25) is 0 Å². The number of hydrogen-bond acceptors (Lipinski definition) is 3. The minimum atomic E-state index is -0.117. The Kier molecular flexibility index (Phi) is 36.4. The predicted octanol–water partition coefficient (Wildman–Crippen LogP) is 11.6. The van der Waals surface area contributed by atoms with Gasteiger partial charge in [-0.25, -0.2) is 0 Å². The highest BCUT2D eigenvalue weighted by atomic mass is 17.2. The van der Waals surface area contributed by atoms with Crippen LogP contribution in [0.1, 0.15) is 148 Å². The molecule has 0 aliphatic rings. The third-order valence-corrected chi connectivity index (χ3v) is 5.38. The van der Waals surface area contributed by atoms with Gasteiger partial charge in [0.1, 0.15) is 0 Å². The molecule has 0 atom stereocenters. The number of ketones is 1. The number of rotatable bonds is 19. The Bertz CT molecular complexity index is 1320. The summed E-state index contributed by atoms with van der Waals surface area (Å²) >= 11 is 0. The molecule has 3 heteroatoms. The molecule has 3 nitrogen and oxygen atoms in total. The van der Waals surface area contributed by atoms with Crippen molar-refractivity contribution >= 4 is 5.78 Å². The van der Waals surface area contributed by atoms with Crippen molar-refractivity contribution in [3.8, 4) is 107 Å². The second-order valence-corrected chi connectivity index (χ2v) is 8.71. The van der Waals surface area contributed by atoms with E-state index in [0.717, 1.165) is 12.8 Å². The first-order valence-electron chi connectivity index (χ1n) is 15.1. The summed E-state index contributed by atoms with van der Waals surface area (Å²) in [6.45, 7) is 6.15. The van der Waals surface area contributed by atoms with Gasteiger partial charge in [0.25, 0.3) is 0 Å². The molecule has 0 spiro atoms. The van der Waals surface area contributed by atoms with E-state index in [1.165, 1.54) is 83.5 Å². The molecular weight excluding hydrogens is 516 g/mol. The van der Waals surface area contributed by atoms with E-state index in [0.29, 0.717) is 6.42 Å². The zero-order chi connectivity index (χ0) is 31.0. The van der Waals surface area contributed by atoms with Gasteiger partial charge in [-0.05, 0) is 53.8 Å². The number of carbonyl (C=O) groups is 1. The quantitative estimate of drug-likeness (QED) is 0.0645. The van der Waals surface area contributed by atoms with Crippen molar-refractivity contribution in [2.24, 2.45) is 0 Å². The lowest BCUT2D eigenvalue weighted by atomic mass is 10.0. The lowest BCUT2D eigenvalue weighted by Gasteiger charge is -2.03. The third-order valence-electron chi connectivity index (χ3n) is 5.38. The maximum absolute atomic E-state index is 11.8. The lowest BCUT2D eigenvalue weighted by molar-refractivity contribution is -0.232. The summed E-state index contributed by atoms with van der Waals surface area (Å²) in [5.41, 5.74) is 0. The van der Waals surface area contributed by atoms with Gasteiger partial charge in [-0.2, -0.15) is 4.89 Å². The summed E-state index contributed by atoms with van der Waals surface area (Å²) in [4.78, 5) is 21.2. The summed E-state index contributed by atoms with van der Waals surface area (Å²) in [6.07, 6.45) is 27.2. The molecule has 0 aromatic heterocycles. The van der Waals surface area contributed by atoms with Gasteiger partial charge >= 0.3 is 0 Å². The van der Waals surface area contributed by atoms with Crippen molar-refractivity contribution in [2.45, 2.75) is 124 Å². The van der Waals surface area contributed by atoms with E-state index >= 15 is 0 Å². The maximum Gasteiger partial charge on any atom is 0.171 e. The number of carbonyl (C=O) groups excluding carboxylic acids is 1. The van der Waals surface area contributed by atoms with Gasteiger partial charge in [0, 0.05) is 78.0 Å². The smallest absolute Gasteiger partial charge is 0.171 e. The summed E-state index contributed by atoms with van der Waals surface area (Å²) in [6, 6.07) is 0. The molecule has 42 heavy (non-hydrogen) atoms. The van der Waals surface area contributed by atoms with Crippen LogP contribution in [0.3, 0.4) is 0 Å². The highest BCUT2D eigenvalue weighted by Crippen LogP contribution is 2.13. The Morgan fingerprint density at radius 2 is 0.857 bits per heavy atom. The zero-order valence-corrected chi connectivity index (χ0v) is 25.8. The molecule has 0 aromatic rings. The molecule has 252 valence electrons. The summed E-state index contributed by atoms with van der Waals surface area (Å²) in [7, 11) is 0. The molecule has 0 amide bonds. The van der Waals surface area contributed by atoms with Gasteiger partial charge in [0.15, 0.2) is 18.5 Å². The van der Waals surface area contributed by atoms with Crippen LogP contribution in [0.15, 0.2) is 0 Å². The second-order valence-electron chi connectivity index (χ2n) is 8.71. The normalized spacial score (nSPS) is 7.67. The van der Waals surface area contributed by atoms with E-state index in [-0.39, 0.29) is 36.6 Å². The molecule has 0 heterocycles. The highest BCUT2D eigenvalue weighted by molar-refractivity contribution is 5.79. The van der Waals surface area contributed by atoms with Crippen LogP contribution in [-0.2, 0) is 14.6 Å². The molecule has 0 N–H and O–H groups in total. The van der Waals surface area contributed by atoms with Gasteiger partial charge < -0.3 is 0 Å². The molecule has 0 unspecified atom stereocenters. The minimum absolute atomic E-state index is 0. The average molecular weight is 595 g/mol. The Hall–Kier alpha value is -4.53. The molecule has 0 bridgehead atoms. The van der Waals surface area contributed by atoms with Crippen molar-refractivity contribution in [3.63, 3.8) is 0 Å². The van der Waals surface area contributed by atoms with Crippen molar-refractivity contribution in [2.75, 3.05) is 6.61 Å². The topological polar surface area (TPSA) is 35.5 Å². The molecule has 0 saturated heterocycles. The first-order chi connectivity index (χ1) is 20.8. The SMILES string of the molecule is C#CC#CC#CC#CC#CC#CC#CC#CC#COOCC(=O)CCCCCCCCCCCCCCCCC.CC.[HH].[HH].[HH].[HH].[HH].[HH].[HH].[HH].[HH].[HH].[HH].[HH].[HH].[HH].[HH].[HH].[HH].